The highest BCUT2D eigenvalue weighted by atomic mass is 32.2. The average molecular weight is 541 g/mol. The Bertz CT molecular complexity index is 1300. The summed E-state index contributed by atoms with van der Waals surface area (Å²) in [5.74, 6) is -0.405. The summed E-state index contributed by atoms with van der Waals surface area (Å²) < 4.78 is 25.2. The predicted octanol–water partition coefficient (Wildman–Crippen LogP) is 6.84. The number of hydrogen-bond donors (Lipinski definition) is 0. The Morgan fingerprint density at radius 1 is 0.744 bits per heavy atom. The van der Waals surface area contributed by atoms with E-state index in [0.717, 1.165) is 16.0 Å². The highest BCUT2D eigenvalue weighted by Gasteiger charge is 2.48. The third-order valence-corrected chi connectivity index (χ3v) is 7.63. The van der Waals surface area contributed by atoms with Crippen LogP contribution in [0.4, 0.5) is 0 Å². The second-order valence-corrected chi connectivity index (χ2v) is 10.6. The Balaban J connectivity index is 1.37. The predicted molar refractivity (Wildman–Crippen MR) is 152 cm³/mol. The Morgan fingerprint density at radius 2 is 1.33 bits per heavy atom. The minimum Gasteiger partial charge on any atom is -0.452 e. The van der Waals surface area contributed by atoms with E-state index in [2.05, 4.69) is 31.2 Å². The van der Waals surface area contributed by atoms with Crippen LogP contribution in [0.3, 0.4) is 0 Å². The van der Waals surface area contributed by atoms with Gasteiger partial charge in [0.05, 0.1) is 25.4 Å². The Labute approximate surface area is 234 Å². The van der Waals surface area contributed by atoms with Crippen molar-refractivity contribution in [1.29, 1.82) is 0 Å². The topological polar surface area (TPSA) is 54.0 Å². The van der Waals surface area contributed by atoms with Gasteiger partial charge in [0.1, 0.15) is 17.6 Å². The van der Waals surface area contributed by atoms with Crippen LogP contribution < -0.4 is 0 Å². The molecule has 1 heterocycles. The monoisotopic (exact) mass is 540 g/mol. The summed E-state index contributed by atoms with van der Waals surface area (Å²) in [6.45, 7) is 3.18. The zero-order valence-corrected chi connectivity index (χ0v) is 22.7. The van der Waals surface area contributed by atoms with Crippen molar-refractivity contribution in [2.75, 3.05) is 6.61 Å². The van der Waals surface area contributed by atoms with Gasteiger partial charge in [-0.05, 0) is 42.3 Å². The molecule has 4 atom stereocenters. The van der Waals surface area contributed by atoms with Crippen molar-refractivity contribution in [3.05, 3.63) is 138 Å². The Morgan fingerprint density at radius 3 is 1.97 bits per heavy atom. The summed E-state index contributed by atoms with van der Waals surface area (Å²) in [6, 6.07) is 37.2. The zero-order chi connectivity index (χ0) is 26.9. The quantitative estimate of drug-likeness (QED) is 0.194. The van der Waals surface area contributed by atoms with Crippen molar-refractivity contribution in [2.45, 2.75) is 48.8 Å². The molecule has 0 spiro atoms. The van der Waals surface area contributed by atoms with Gasteiger partial charge >= 0.3 is 5.97 Å². The third kappa shape index (κ3) is 7.58. The molecule has 39 heavy (non-hydrogen) atoms. The largest absolute Gasteiger partial charge is 0.452 e. The van der Waals surface area contributed by atoms with E-state index < -0.39 is 29.7 Å². The molecule has 1 fully saturated rings. The summed E-state index contributed by atoms with van der Waals surface area (Å²) >= 11 is 1.53. The van der Waals surface area contributed by atoms with Crippen LogP contribution >= 0.6 is 11.8 Å². The maximum absolute atomic E-state index is 13.2. The van der Waals surface area contributed by atoms with Crippen LogP contribution in [0.15, 0.2) is 120 Å². The van der Waals surface area contributed by atoms with Crippen LogP contribution in [0.2, 0.25) is 0 Å². The highest BCUT2D eigenvalue weighted by molar-refractivity contribution is 7.99. The number of benzene rings is 4. The molecule has 0 bridgehead atoms. The van der Waals surface area contributed by atoms with Crippen LogP contribution in [0.1, 0.15) is 27.0 Å². The average Bonchev–Trinajstić information content (AvgIpc) is 3.29. The van der Waals surface area contributed by atoms with Crippen molar-refractivity contribution < 1.29 is 23.7 Å². The molecular weight excluding hydrogens is 508 g/mol. The van der Waals surface area contributed by atoms with Crippen molar-refractivity contribution in [3.63, 3.8) is 0 Å². The molecule has 0 radical (unpaired) electrons. The molecule has 0 N–H and O–H groups in total. The first-order valence-electron chi connectivity index (χ1n) is 13.1. The van der Waals surface area contributed by atoms with Crippen molar-refractivity contribution in [2.24, 2.45) is 0 Å². The highest BCUT2D eigenvalue weighted by Crippen LogP contribution is 2.38. The smallest absolute Gasteiger partial charge is 0.338 e. The number of ether oxygens (including phenoxy) is 4. The molecule has 1 aliphatic heterocycles. The fraction of sp³-hybridized carbons (Fsp3) is 0.242. The molecule has 6 heteroatoms. The molecule has 1 saturated heterocycles. The summed E-state index contributed by atoms with van der Waals surface area (Å²) in [5, 5.41) is 0. The molecule has 4 aromatic carbocycles. The molecule has 0 amide bonds. The van der Waals surface area contributed by atoms with Crippen LogP contribution in [-0.4, -0.2) is 36.3 Å². The van der Waals surface area contributed by atoms with Gasteiger partial charge in [0, 0.05) is 4.90 Å². The molecule has 1 aliphatic rings. The van der Waals surface area contributed by atoms with Gasteiger partial charge in [-0.1, -0.05) is 108 Å². The van der Waals surface area contributed by atoms with E-state index in [4.69, 9.17) is 18.9 Å². The molecule has 200 valence electrons. The fourth-order valence-corrected chi connectivity index (χ4v) is 5.50. The van der Waals surface area contributed by atoms with E-state index in [1.165, 1.54) is 17.3 Å². The van der Waals surface area contributed by atoms with Crippen LogP contribution in [-0.2, 0) is 32.2 Å². The van der Waals surface area contributed by atoms with Crippen molar-refractivity contribution in [3.8, 4) is 0 Å². The van der Waals surface area contributed by atoms with E-state index >= 15 is 0 Å². The van der Waals surface area contributed by atoms with Crippen molar-refractivity contribution >= 4 is 17.7 Å². The lowest BCUT2D eigenvalue weighted by molar-refractivity contribution is -0.0778. The van der Waals surface area contributed by atoms with E-state index in [1.807, 2.05) is 78.9 Å². The zero-order valence-electron chi connectivity index (χ0n) is 21.8. The van der Waals surface area contributed by atoms with E-state index in [-0.39, 0.29) is 0 Å². The van der Waals surface area contributed by atoms with Crippen LogP contribution in [0, 0.1) is 6.92 Å². The van der Waals surface area contributed by atoms with Gasteiger partial charge in [0.25, 0.3) is 0 Å². The van der Waals surface area contributed by atoms with Gasteiger partial charge in [0.15, 0.2) is 6.10 Å². The van der Waals surface area contributed by atoms with Gasteiger partial charge in [-0.3, -0.25) is 0 Å². The van der Waals surface area contributed by atoms with Crippen molar-refractivity contribution in [1.82, 2.24) is 0 Å². The van der Waals surface area contributed by atoms with E-state index in [9.17, 15) is 4.79 Å². The summed E-state index contributed by atoms with van der Waals surface area (Å²) in [4.78, 5) is 14.2. The molecule has 0 unspecified atom stereocenters. The number of hydrogen-bond acceptors (Lipinski definition) is 6. The SMILES string of the molecule is Cc1ccc(S[C@H]2O[C@H](COCc3ccccc3)[C@@H](OCc3ccccc3)[C@@H]2OC(=O)c2ccccc2)cc1. The minimum absolute atomic E-state index is 0.304. The lowest BCUT2D eigenvalue weighted by Crippen LogP contribution is -2.39. The number of esters is 1. The van der Waals surface area contributed by atoms with E-state index in [1.54, 1.807) is 12.1 Å². The molecule has 0 aromatic heterocycles. The van der Waals surface area contributed by atoms with Gasteiger partial charge in [-0.15, -0.1) is 0 Å². The lowest BCUT2D eigenvalue weighted by atomic mass is 10.1. The number of rotatable bonds is 11. The number of aryl methyl sites for hydroxylation is 1. The maximum Gasteiger partial charge on any atom is 0.338 e. The summed E-state index contributed by atoms with van der Waals surface area (Å²) in [6.07, 6.45) is -1.58. The first-order valence-corrected chi connectivity index (χ1v) is 14.0. The summed E-state index contributed by atoms with van der Waals surface area (Å²) in [7, 11) is 0. The van der Waals surface area contributed by atoms with Gasteiger partial charge < -0.3 is 18.9 Å². The maximum atomic E-state index is 13.2. The molecule has 5 rings (SSSR count). The van der Waals surface area contributed by atoms with Crippen LogP contribution in [0.5, 0.6) is 0 Å². The third-order valence-electron chi connectivity index (χ3n) is 6.47. The Kier molecular flexibility index (Phi) is 9.46. The Hall–Kier alpha value is -3.42. The second-order valence-electron chi connectivity index (χ2n) is 9.47. The normalized spacial score (nSPS) is 20.5. The number of thioether (sulfide) groups is 1. The molecular formula is C33H32O5S. The number of carbonyl (C=O) groups is 1. The molecule has 0 saturated carbocycles. The van der Waals surface area contributed by atoms with Gasteiger partial charge in [-0.25, -0.2) is 4.79 Å². The number of carbonyl (C=O) groups excluding carboxylic acids is 1. The van der Waals surface area contributed by atoms with Gasteiger partial charge in [0.2, 0.25) is 0 Å². The van der Waals surface area contributed by atoms with Gasteiger partial charge in [-0.2, -0.15) is 0 Å². The fourth-order valence-electron chi connectivity index (χ4n) is 4.40. The molecule has 0 aliphatic carbocycles. The molecule has 4 aromatic rings. The van der Waals surface area contributed by atoms with E-state index in [0.29, 0.717) is 25.4 Å². The minimum atomic E-state index is -0.641. The molecule has 5 nitrogen and oxygen atoms in total. The standard InChI is InChI=1S/C33H32O5S/c1-24-17-19-28(20-18-24)39-33-31(38-32(34)27-15-9-4-10-16-27)30(36-22-26-13-7-3-8-14-26)29(37-33)23-35-21-25-11-5-2-6-12-25/h2-20,29-31,33H,21-23H2,1H3/t29-,30-,31+,33-/m1/s1. The second kappa shape index (κ2) is 13.6. The lowest BCUT2D eigenvalue weighted by Gasteiger charge is -2.25. The van der Waals surface area contributed by atoms with Crippen LogP contribution in [0.25, 0.3) is 0 Å². The summed E-state index contributed by atoms with van der Waals surface area (Å²) in [5.41, 5.74) is 3.31. The first-order chi connectivity index (χ1) is 19.2. The first kappa shape index (κ1) is 27.2.